The van der Waals surface area contributed by atoms with Crippen LogP contribution in [0.25, 0.3) is 0 Å². The Bertz CT molecular complexity index is 603. The molecule has 0 unspecified atom stereocenters. The minimum absolute atomic E-state index is 0.0548. The summed E-state index contributed by atoms with van der Waals surface area (Å²) in [4.78, 5) is 0.389. The molecule has 1 saturated heterocycles. The van der Waals surface area contributed by atoms with Crippen LogP contribution in [0.4, 0.5) is 0 Å². The molecule has 0 spiro atoms. The van der Waals surface area contributed by atoms with Crippen molar-refractivity contribution in [1.29, 1.82) is 0 Å². The summed E-state index contributed by atoms with van der Waals surface area (Å²) in [7, 11) is -3.46. The first-order valence-corrected chi connectivity index (χ1v) is 8.87. The molecule has 3 nitrogen and oxygen atoms in total. The topological polar surface area (TPSA) is 37.4 Å². The number of aryl methyl sites for hydroxylation is 2. The van der Waals surface area contributed by atoms with Crippen molar-refractivity contribution in [3.63, 3.8) is 0 Å². The Morgan fingerprint density at radius 2 is 1.65 bits per heavy atom. The van der Waals surface area contributed by atoms with Gasteiger partial charge >= 0.3 is 0 Å². The van der Waals surface area contributed by atoms with E-state index < -0.39 is 10.0 Å². The Balaban J connectivity index is 2.52. The fourth-order valence-electron chi connectivity index (χ4n) is 3.02. The zero-order valence-electron chi connectivity index (χ0n) is 12.5. The summed E-state index contributed by atoms with van der Waals surface area (Å²) < 4.78 is 27.6. The normalized spacial score (nSPS) is 24.9. The quantitative estimate of drug-likeness (QED) is 0.829. The summed E-state index contributed by atoms with van der Waals surface area (Å²) in [6.45, 7) is 7.62. The van der Waals surface area contributed by atoms with Gasteiger partial charge in [0.25, 0.3) is 0 Å². The van der Waals surface area contributed by atoms with E-state index >= 15 is 0 Å². The Labute approximate surface area is 127 Å². The summed E-state index contributed by atoms with van der Waals surface area (Å²) in [6.07, 6.45) is 2.94. The van der Waals surface area contributed by atoms with Gasteiger partial charge in [0.05, 0.1) is 4.90 Å². The second-order valence-electron chi connectivity index (χ2n) is 5.83. The molecule has 2 atom stereocenters. The van der Waals surface area contributed by atoms with Crippen LogP contribution in [0, 0.1) is 13.8 Å². The van der Waals surface area contributed by atoms with Crippen molar-refractivity contribution in [3.05, 3.63) is 28.3 Å². The molecule has 2 rings (SSSR count). The molecular formula is C15H22ClNO2S. The highest BCUT2D eigenvalue weighted by atomic mass is 35.5. The van der Waals surface area contributed by atoms with Crippen LogP contribution in [0.1, 0.15) is 44.2 Å². The molecule has 20 heavy (non-hydrogen) atoms. The maximum atomic E-state index is 13.0. The van der Waals surface area contributed by atoms with Crippen LogP contribution < -0.4 is 0 Å². The van der Waals surface area contributed by atoms with Crippen molar-refractivity contribution in [2.24, 2.45) is 0 Å². The van der Waals surface area contributed by atoms with Crippen LogP contribution in [0.5, 0.6) is 0 Å². The van der Waals surface area contributed by atoms with Gasteiger partial charge in [-0.15, -0.1) is 0 Å². The standard InChI is InChI=1S/C15H22ClNO2S/c1-10-9-15(11(2)8-14(10)16)20(18,19)17-12(3)6-5-7-13(17)4/h8-9,12-13H,5-7H2,1-4H3/t12-,13+. The van der Waals surface area contributed by atoms with Crippen molar-refractivity contribution in [2.75, 3.05) is 0 Å². The van der Waals surface area contributed by atoms with Crippen LogP contribution in [0.2, 0.25) is 5.02 Å². The van der Waals surface area contributed by atoms with Crippen molar-refractivity contribution < 1.29 is 8.42 Å². The summed E-state index contributed by atoms with van der Waals surface area (Å²) in [6, 6.07) is 3.54. The molecule has 0 saturated carbocycles. The van der Waals surface area contributed by atoms with E-state index in [0.717, 1.165) is 24.8 Å². The fourth-order valence-corrected chi connectivity index (χ4v) is 5.41. The highest BCUT2D eigenvalue weighted by molar-refractivity contribution is 7.89. The molecule has 1 aliphatic rings. The van der Waals surface area contributed by atoms with Crippen LogP contribution in [0.15, 0.2) is 17.0 Å². The summed E-state index contributed by atoms with van der Waals surface area (Å²) in [5, 5.41) is 0.612. The second kappa shape index (κ2) is 5.66. The lowest BCUT2D eigenvalue weighted by Crippen LogP contribution is -2.47. The van der Waals surface area contributed by atoms with E-state index in [9.17, 15) is 8.42 Å². The van der Waals surface area contributed by atoms with Crippen molar-refractivity contribution in [3.8, 4) is 0 Å². The minimum Gasteiger partial charge on any atom is -0.207 e. The zero-order chi connectivity index (χ0) is 15.1. The molecule has 0 radical (unpaired) electrons. The lowest BCUT2D eigenvalue weighted by molar-refractivity contribution is 0.204. The number of nitrogens with zero attached hydrogens (tertiary/aromatic N) is 1. The van der Waals surface area contributed by atoms with Gasteiger partial charge in [-0.3, -0.25) is 0 Å². The van der Waals surface area contributed by atoms with E-state index in [1.165, 1.54) is 0 Å². The van der Waals surface area contributed by atoms with Gasteiger partial charge in [-0.25, -0.2) is 8.42 Å². The summed E-state index contributed by atoms with van der Waals surface area (Å²) in [5.41, 5.74) is 1.51. The van der Waals surface area contributed by atoms with Gasteiger partial charge in [0, 0.05) is 17.1 Å². The van der Waals surface area contributed by atoms with Gasteiger partial charge < -0.3 is 0 Å². The van der Waals surface area contributed by atoms with E-state index in [1.54, 1.807) is 23.4 Å². The van der Waals surface area contributed by atoms with Gasteiger partial charge in [-0.2, -0.15) is 4.31 Å². The number of piperidine rings is 1. The van der Waals surface area contributed by atoms with E-state index in [0.29, 0.717) is 15.5 Å². The molecule has 1 fully saturated rings. The third-order valence-electron chi connectivity index (χ3n) is 4.12. The molecule has 1 aromatic carbocycles. The lowest BCUT2D eigenvalue weighted by atomic mass is 10.0. The summed E-state index contributed by atoms with van der Waals surface area (Å²) >= 11 is 6.07. The van der Waals surface area contributed by atoms with Gasteiger partial charge in [0.1, 0.15) is 0 Å². The molecule has 0 N–H and O–H groups in total. The molecule has 0 bridgehead atoms. The predicted octanol–water partition coefficient (Wildman–Crippen LogP) is 3.91. The SMILES string of the molecule is Cc1cc(S(=O)(=O)N2[C@H](C)CCC[C@@H]2C)c(C)cc1Cl. The number of sulfonamides is 1. The van der Waals surface area contributed by atoms with Crippen LogP contribution >= 0.6 is 11.6 Å². The first-order valence-electron chi connectivity index (χ1n) is 7.05. The first-order chi connectivity index (χ1) is 9.25. The lowest BCUT2D eigenvalue weighted by Gasteiger charge is -2.38. The second-order valence-corrected chi connectivity index (χ2v) is 8.05. The van der Waals surface area contributed by atoms with Gasteiger partial charge in [-0.05, 0) is 63.8 Å². The summed E-state index contributed by atoms with van der Waals surface area (Å²) in [5.74, 6) is 0. The first kappa shape index (κ1) is 15.8. The number of halogens is 1. The number of benzene rings is 1. The van der Waals surface area contributed by atoms with Crippen molar-refractivity contribution in [2.45, 2.75) is 63.9 Å². The Hall–Kier alpha value is -0.580. The molecule has 1 aromatic rings. The van der Waals surface area contributed by atoms with Gasteiger partial charge in [-0.1, -0.05) is 18.0 Å². The molecule has 1 aliphatic heterocycles. The average Bonchev–Trinajstić information content (AvgIpc) is 2.33. The molecule has 112 valence electrons. The zero-order valence-corrected chi connectivity index (χ0v) is 14.1. The fraction of sp³-hybridized carbons (Fsp3) is 0.600. The average molecular weight is 316 g/mol. The Kier molecular flexibility index (Phi) is 4.47. The number of hydrogen-bond donors (Lipinski definition) is 0. The van der Waals surface area contributed by atoms with E-state index in [-0.39, 0.29) is 12.1 Å². The molecule has 5 heteroatoms. The number of hydrogen-bond acceptors (Lipinski definition) is 2. The predicted molar refractivity (Wildman–Crippen MR) is 82.7 cm³/mol. The molecule has 0 aromatic heterocycles. The maximum Gasteiger partial charge on any atom is 0.243 e. The van der Waals surface area contributed by atoms with Crippen LogP contribution in [-0.4, -0.2) is 24.8 Å². The molecular weight excluding hydrogens is 294 g/mol. The number of rotatable bonds is 2. The maximum absolute atomic E-state index is 13.0. The van der Waals surface area contributed by atoms with E-state index in [4.69, 9.17) is 11.6 Å². The Morgan fingerprint density at radius 1 is 1.10 bits per heavy atom. The van der Waals surface area contributed by atoms with Crippen molar-refractivity contribution in [1.82, 2.24) is 4.31 Å². The third kappa shape index (κ3) is 2.74. The minimum atomic E-state index is -3.46. The highest BCUT2D eigenvalue weighted by Gasteiger charge is 2.36. The van der Waals surface area contributed by atoms with Crippen molar-refractivity contribution >= 4 is 21.6 Å². The highest BCUT2D eigenvalue weighted by Crippen LogP contribution is 2.32. The molecule has 1 heterocycles. The van der Waals surface area contributed by atoms with Gasteiger partial charge in [0.2, 0.25) is 10.0 Å². The molecule has 0 aliphatic carbocycles. The van der Waals surface area contributed by atoms with Gasteiger partial charge in [0.15, 0.2) is 0 Å². The van der Waals surface area contributed by atoms with E-state index in [2.05, 4.69) is 0 Å². The van der Waals surface area contributed by atoms with Crippen LogP contribution in [0.3, 0.4) is 0 Å². The van der Waals surface area contributed by atoms with E-state index in [1.807, 2.05) is 20.8 Å². The van der Waals surface area contributed by atoms with Crippen LogP contribution in [-0.2, 0) is 10.0 Å². The molecule has 0 amide bonds. The smallest absolute Gasteiger partial charge is 0.207 e. The third-order valence-corrected chi connectivity index (χ3v) is 6.80. The Morgan fingerprint density at radius 3 is 2.20 bits per heavy atom. The largest absolute Gasteiger partial charge is 0.243 e. The monoisotopic (exact) mass is 315 g/mol.